The Balaban J connectivity index is 2.11. The second-order valence-corrected chi connectivity index (χ2v) is 9.56. The lowest BCUT2D eigenvalue weighted by atomic mass is 10.0. The number of hydrogen-bond donors (Lipinski definition) is 6. The summed E-state index contributed by atoms with van der Waals surface area (Å²) < 4.78 is 0. The number of pyridine rings is 1. The van der Waals surface area contributed by atoms with Gasteiger partial charge in [0.1, 0.15) is 11.4 Å². The molecule has 0 bridgehead atoms. The molecule has 0 amide bonds. The van der Waals surface area contributed by atoms with Gasteiger partial charge < -0.3 is 37.3 Å². The number of aromatic nitrogens is 1. The number of aromatic hydroxyl groups is 1. The van der Waals surface area contributed by atoms with E-state index in [4.69, 9.17) is 16.9 Å². The molecular formula is C21H31IN7OP. The van der Waals surface area contributed by atoms with Crippen LogP contribution < -0.4 is 21.9 Å². The van der Waals surface area contributed by atoms with E-state index >= 15 is 0 Å². The lowest BCUT2D eigenvalue weighted by molar-refractivity contribution is 0.212. The summed E-state index contributed by atoms with van der Waals surface area (Å²) in [5.41, 5.74) is 14.4. The van der Waals surface area contributed by atoms with Crippen molar-refractivity contribution in [3.8, 4) is 5.75 Å². The van der Waals surface area contributed by atoms with Gasteiger partial charge in [-0.1, -0.05) is 26.0 Å². The highest BCUT2D eigenvalue weighted by molar-refractivity contribution is 14.2. The fourth-order valence-corrected chi connectivity index (χ4v) is 3.73. The highest BCUT2D eigenvalue weighted by Crippen LogP contribution is 2.22. The molecular weight excluding hydrogens is 524 g/mol. The van der Waals surface area contributed by atoms with Gasteiger partial charge in [0.05, 0.1) is 11.5 Å². The number of rotatable bonds is 9. The lowest BCUT2D eigenvalue weighted by Crippen LogP contribution is -2.53. The minimum Gasteiger partial charge on any atom is -0.506 e. The van der Waals surface area contributed by atoms with Crippen LogP contribution in [0.25, 0.3) is 11.8 Å². The van der Waals surface area contributed by atoms with Gasteiger partial charge in [-0.3, -0.25) is 4.98 Å². The van der Waals surface area contributed by atoms with Crippen LogP contribution in [0, 0.1) is 11.3 Å². The van der Waals surface area contributed by atoms with Gasteiger partial charge in [-0.2, -0.15) is 0 Å². The zero-order chi connectivity index (χ0) is 22.8. The van der Waals surface area contributed by atoms with Gasteiger partial charge in [-0.25, -0.2) is 0 Å². The van der Waals surface area contributed by atoms with Gasteiger partial charge in [0.15, 0.2) is 0 Å². The summed E-state index contributed by atoms with van der Waals surface area (Å²) in [7, 11) is 0. The van der Waals surface area contributed by atoms with E-state index in [0.29, 0.717) is 46.7 Å². The molecule has 2 heterocycles. The third kappa shape index (κ3) is 7.83. The fourth-order valence-electron chi connectivity index (χ4n) is 3.04. The fraction of sp³-hybridized carbons (Fsp3) is 0.333. The van der Waals surface area contributed by atoms with E-state index in [1.807, 2.05) is 0 Å². The van der Waals surface area contributed by atoms with Crippen molar-refractivity contribution in [2.45, 2.75) is 19.9 Å². The molecule has 1 aromatic heterocycles. The first-order valence-electron chi connectivity index (χ1n) is 9.96. The van der Waals surface area contributed by atoms with Crippen LogP contribution in [0.3, 0.4) is 0 Å². The van der Waals surface area contributed by atoms with Crippen LogP contribution in [0.2, 0.25) is 0 Å². The number of hydrogen-bond acceptors (Lipinski definition) is 8. The maximum atomic E-state index is 10.4. The van der Waals surface area contributed by atoms with Crippen molar-refractivity contribution in [2.75, 3.05) is 19.6 Å². The van der Waals surface area contributed by atoms with Crippen LogP contribution in [0.15, 0.2) is 48.1 Å². The molecule has 31 heavy (non-hydrogen) atoms. The topological polar surface area (TPSA) is 136 Å². The van der Waals surface area contributed by atoms with Crippen molar-refractivity contribution in [3.63, 3.8) is 0 Å². The van der Waals surface area contributed by atoms with Crippen LogP contribution >= 0.6 is 28.4 Å². The molecule has 8 nitrogen and oxygen atoms in total. The largest absolute Gasteiger partial charge is 0.506 e. The molecule has 1 fully saturated rings. The second-order valence-electron chi connectivity index (χ2n) is 7.46. The van der Waals surface area contributed by atoms with E-state index in [-0.39, 0.29) is 5.75 Å². The Hall–Kier alpha value is -2.10. The summed E-state index contributed by atoms with van der Waals surface area (Å²) in [6.45, 7) is 6.95. The van der Waals surface area contributed by atoms with Crippen LogP contribution in [0.4, 0.5) is 0 Å². The van der Waals surface area contributed by atoms with Crippen molar-refractivity contribution < 1.29 is 5.11 Å². The monoisotopic (exact) mass is 555 g/mol. The normalized spacial score (nSPS) is 19.0. The highest BCUT2D eigenvalue weighted by atomic mass is 127. The molecule has 2 unspecified atom stereocenters. The molecule has 0 aromatic carbocycles. The molecule has 1 aliphatic heterocycles. The number of allylic oxidation sites excluding steroid dienone is 4. The number of piperazine rings is 1. The van der Waals surface area contributed by atoms with Gasteiger partial charge >= 0.3 is 0 Å². The zero-order valence-corrected chi connectivity index (χ0v) is 20.9. The van der Waals surface area contributed by atoms with Crippen LogP contribution in [0.1, 0.15) is 25.1 Å². The molecule has 0 radical (unpaired) electrons. The predicted molar refractivity (Wildman–Crippen MR) is 140 cm³/mol. The smallest absolute Gasteiger partial charge is 0.143 e. The molecule has 0 saturated carbocycles. The summed E-state index contributed by atoms with van der Waals surface area (Å²) in [5, 5.41) is 24.4. The van der Waals surface area contributed by atoms with Crippen molar-refractivity contribution in [2.24, 2.45) is 17.4 Å². The van der Waals surface area contributed by atoms with Crippen molar-refractivity contribution in [1.29, 1.82) is 5.41 Å². The number of nitrogens with two attached hydrogens (primary N) is 2. The van der Waals surface area contributed by atoms with Gasteiger partial charge in [-0.05, 0) is 51.7 Å². The predicted octanol–water partition coefficient (Wildman–Crippen LogP) is 2.90. The van der Waals surface area contributed by atoms with Gasteiger partial charge in [-0.15, -0.1) is 0 Å². The highest BCUT2D eigenvalue weighted by Gasteiger charge is 2.21. The Morgan fingerprint density at radius 2 is 2.23 bits per heavy atom. The summed E-state index contributed by atoms with van der Waals surface area (Å²) >= 11 is 2.21. The van der Waals surface area contributed by atoms with Crippen LogP contribution in [-0.4, -0.2) is 46.9 Å². The third-order valence-electron chi connectivity index (χ3n) is 4.90. The maximum Gasteiger partial charge on any atom is 0.143 e. The first kappa shape index (κ1) is 25.2. The van der Waals surface area contributed by atoms with E-state index in [9.17, 15) is 5.11 Å². The third-order valence-corrected chi connectivity index (χ3v) is 6.09. The minimum absolute atomic E-state index is 0.0165. The summed E-state index contributed by atoms with van der Waals surface area (Å²) in [6, 6.07) is 1.99. The van der Waals surface area contributed by atoms with Gasteiger partial charge in [0.2, 0.25) is 0 Å². The molecule has 0 aliphatic carbocycles. The Morgan fingerprint density at radius 1 is 1.45 bits per heavy atom. The zero-order valence-electron chi connectivity index (χ0n) is 17.8. The Bertz CT molecular complexity index is 882. The first-order chi connectivity index (χ1) is 14.8. The second kappa shape index (κ2) is 12.7. The van der Waals surface area contributed by atoms with Crippen molar-refractivity contribution >= 4 is 46.4 Å². The van der Waals surface area contributed by atoms with E-state index < -0.39 is 0 Å². The van der Waals surface area contributed by atoms with Gasteiger partial charge in [0.25, 0.3) is 0 Å². The van der Waals surface area contributed by atoms with E-state index in [0.717, 1.165) is 19.6 Å². The van der Waals surface area contributed by atoms with Crippen molar-refractivity contribution in [3.05, 3.63) is 59.3 Å². The molecule has 1 aromatic rings. The lowest BCUT2D eigenvalue weighted by Gasteiger charge is -2.37. The van der Waals surface area contributed by atoms with Crippen LogP contribution in [0.5, 0.6) is 5.75 Å². The summed E-state index contributed by atoms with van der Waals surface area (Å²) in [5.74, 6) is 1.15. The van der Waals surface area contributed by atoms with E-state index in [1.54, 1.807) is 42.8 Å². The molecule has 2 rings (SSSR count). The molecule has 8 N–H and O–H groups in total. The summed E-state index contributed by atoms with van der Waals surface area (Å²) in [6.07, 6.45) is 12.1. The first-order valence-corrected chi connectivity index (χ1v) is 14.1. The number of nitrogens with zero attached hydrogens (tertiary/aromatic N) is 2. The average molecular weight is 555 g/mol. The Kier molecular flexibility index (Phi) is 10.3. The maximum absolute atomic E-state index is 10.4. The number of halogens is 1. The van der Waals surface area contributed by atoms with E-state index in [1.165, 1.54) is 6.21 Å². The molecule has 2 atom stereocenters. The Labute approximate surface area is 198 Å². The summed E-state index contributed by atoms with van der Waals surface area (Å²) in [4.78, 5) is 6.42. The van der Waals surface area contributed by atoms with Crippen molar-refractivity contribution in [1.82, 2.24) is 20.3 Å². The van der Waals surface area contributed by atoms with E-state index in [2.05, 4.69) is 56.2 Å². The van der Waals surface area contributed by atoms with Gasteiger partial charge in [0, 0.05) is 56.2 Å². The Morgan fingerprint density at radius 3 is 2.87 bits per heavy atom. The van der Waals surface area contributed by atoms with Crippen LogP contribution in [-0.2, 0) is 0 Å². The average Bonchev–Trinajstić information content (AvgIpc) is 2.77. The standard InChI is InChI=1S/C21H31IN7OP/c1-14(2)18-13-29(8-7-26-18)20(25)6-5-17(24)21-19(30)9-15(11-27-21)3-4-16(10-23)12-28-31-22/h3-6,9-12,14,18,23,26,28,30-31H,7-8,13,24-25H2,1-2H3/b4-3+,16-12-,17-5-,20-6+,23-10?. The molecule has 1 aliphatic rings. The molecule has 0 spiro atoms. The number of nitrogens with one attached hydrogen (secondary N) is 3. The quantitative estimate of drug-likeness (QED) is 0.119. The molecule has 10 heteroatoms. The minimum atomic E-state index is -0.0165. The molecule has 168 valence electrons. The molecule has 1 saturated heterocycles. The SMILES string of the molecule is CC(C)C1CN(/C(N)=C/C=C(\N)c2ncc(/C=C/C(C=N)=C/NPI)cc2O)CCN1.